The second-order valence-corrected chi connectivity index (χ2v) is 9.95. The number of ether oxygens (including phenoxy) is 2. The zero-order valence-corrected chi connectivity index (χ0v) is 22.5. The van der Waals surface area contributed by atoms with Crippen molar-refractivity contribution >= 4 is 21.8 Å². The third kappa shape index (κ3) is 5.09. The SMILES string of the molecule is CCCCC(CC)Cn1c2ccc(-c3ccc(OC)cc3)cc2c2cc(-c3ccc(OC)cc3)ccc21. The first-order chi connectivity index (χ1) is 18.1. The predicted molar refractivity (Wildman–Crippen MR) is 157 cm³/mol. The molecule has 1 atom stereocenters. The van der Waals surface area contributed by atoms with Crippen molar-refractivity contribution in [1.82, 2.24) is 4.57 Å². The van der Waals surface area contributed by atoms with Gasteiger partial charge in [-0.05, 0) is 83.1 Å². The van der Waals surface area contributed by atoms with Gasteiger partial charge in [-0.25, -0.2) is 0 Å². The third-order valence-electron chi connectivity index (χ3n) is 7.70. The molecule has 5 rings (SSSR count). The maximum atomic E-state index is 5.37. The number of nitrogens with zero attached hydrogens (tertiary/aromatic N) is 1. The smallest absolute Gasteiger partial charge is 0.118 e. The van der Waals surface area contributed by atoms with Crippen molar-refractivity contribution in [3.8, 4) is 33.8 Å². The highest BCUT2D eigenvalue weighted by atomic mass is 16.5. The van der Waals surface area contributed by atoms with E-state index in [0.717, 1.165) is 18.0 Å². The number of aromatic nitrogens is 1. The number of hydrogen-bond donors (Lipinski definition) is 0. The van der Waals surface area contributed by atoms with E-state index in [9.17, 15) is 0 Å². The van der Waals surface area contributed by atoms with Gasteiger partial charge in [-0.3, -0.25) is 0 Å². The van der Waals surface area contributed by atoms with E-state index in [2.05, 4.69) is 79.1 Å². The van der Waals surface area contributed by atoms with Crippen LogP contribution in [-0.4, -0.2) is 18.8 Å². The molecule has 1 heterocycles. The largest absolute Gasteiger partial charge is 0.497 e. The number of unbranched alkanes of at least 4 members (excludes halogenated alkanes) is 1. The highest BCUT2D eigenvalue weighted by molar-refractivity contribution is 6.10. The van der Waals surface area contributed by atoms with E-state index in [-0.39, 0.29) is 0 Å². The molecule has 4 aromatic carbocycles. The summed E-state index contributed by atoms with van der Waals surface area (Å²) in [5.74, 6) is 2.44. The van der Waals surface area contributed by atoms with Gasteiger partial charge in [0.25, 0.3) is 0 Å². The standard InChI is InChI=1S/C34H37NO2/c1-5-7-8-24(6-2)23-35-33-19-13-27(25-9-15-29(36-3)16-10-25)21-31(33)32-22-28(14-20-34(32)35)26-11-17-30(37-4)18-12-26/h9-22,24H,5-8,23H2,1-4H3. The van der Waals surface area contributed by atoms with Gasteiger partial charge in [-0.1, -0.05) is 69.5 Å². The summed E-state index contributed by atoms with van der Waals surface area (Å²) in [6, 6.07) is 30.6. The Bertz CT molecular complexity index is 1370. The Hall–Kier alpha value is -3.72. The molecule has 0 spiro atoms. The first-order valence-electron chi connectivity index (χ1n) is 13.5. The molecule has 0 radical (unpaired) electrons. The normalized spacial score (nSPS) is 12.2. The lowest BCUT2D eigenvalue weighted by molar-refractivity contribution is 0.401. The molecule has 3 heteroatoms. The van der Waals surface area contributed by atoms with Crippen LogP contribution in [0.5, 0.6) is 11.5 Å². The molecule has 5 aromatic rings. The monoisotopic (exact) mass is 491 g/mol. The lowest BCUT2D eigenvalue weighted by atomic mass is 9.99. The van der Waals surface area contributed by atoms with Crippen LogP contribution in [0.2, 0.25) is 0 Å². The number of hydrogen-bond acceptors (Lipinski definition) is 2. The maximum absolute atomic E-state index is 5.37. The Kier molecular flexibility index (Phi) is 7.50. The zero-order valence-electron chi connectivity index (χ0n) is 22.5. The molecule has 0 aliphatic heterocycles. The second kappa shape index (κ2) is 11.1. The van der Waals surface area contributed by atoms with Crippen LogP contribution in [0.15, 0.2) is 84.9 Å². The highest BCUT2D eigenvalue weighted by Crippen LogP contribution is 2.37. The van der Waals surface area contributed by atoms with Gasteiger partial charge in [0.15, 0.2) is 0 Å². The first kappa shape index (κ1) is 25.0. The van der Waals surface area contributed by atoms with E-state index >= 15 is 0 Å². The Balaban J connectivity index is 1.65. The van der Waals surface area contributed by atoms with E-state index in [1.165, 1.54) is 69.7 Å². The van der Waals surface area contributed by atoms with Crippen LogP contribution in [0, 0.1) is 5.92 Å². The summed E-state index contributed by atoms with van der Waals surface area (Å²) >= 11 is 0. The Labute approximate surface area is 220 Å². The number of rotatable bonds is 10. The first-order valence-corrected chi connectivity index (χ1v) is 13.5. The van der Waals surface area contributed by atoms with Crippen LogP contribution < -0.4 is 9.47 Å². The molecular weight excluding hydrogens is 454 g/mol. The van der Waals surface area contributed by atoms with Crippen LogP contribution in [0.25, 0.3) is 44.1 Å². The van der Waals surface area contributed by atoms with Gasteiger partial charge < -0.3 is 14.0 Å². The topological polar surface area (TPSA) is 23.4 Å². The molecule has 0 saturated carbocycles. The van der Waals surface area contributed by atoms with Gasteiger partial charge in [0, 0.05) is 28.4 Å². The highest BCUT2D eigenvalue weighted by Gasteiger charge is 2.16. The molecule has 3 nitrogen and oxygen atoms in total. The molecule has 0 fully saturated rings. The Morgan fingerprint density at radius 1 is 0.622 bits per heavy atom. The summed E-state index contributed by atoms with van der Waals surface area (Å²) in [4.78, 5) is 0. The maximum Gasteiger partial charge on any atom is 0.118 e. The molecule has 0 saturated heterocycles. The van der Waals surface area contributed by atoms with Crippen molar-refractivity contribution < 1.29 is 9.47 Å². The fraction of sp³-hybridized carbons (Fsp3) is 0.294. The predicted octanol–water partition coefficient (Wildman–Crippen LogP) is 9.36. The lowest BCUT2D eigenvalue weighted by Crippen LogP contribution is -2.10. The molecule has 37 heavy (non-hydrogen) atoms. The minimum absolute atomic E-state index is 0.682. The fourth-order valence-electron chi connectivity index (χ4n) is 5.40. The molecule has 0 bridgehead atoms. The van der Waals surface area contributed by atoms with E-state index in [1.807, 2.05) is 24.3 Å². The minimum atomic E-state index is 0.682. The minimum Gasteiger partial charge on any atom is -0.497 e. The summed E-state index contributed by atoms with van der Waals surface area (Å²) in [5.41, 5.74) is 7.47. The molecule has 1 unspecified atom stereocenters. The van der Waals surface area contributed by atoms with Crippen LogP contribution in [0.4, 0.5) is 0 Å². The Morgan fingerprint density at radius 3 is 1.49 bits per heavy atom. The van der Waals surface area contributed by atoms with Gasteiger partial charge in [0.2, 0.25) is 0 Å². The van der Waals surface area contributed by atoms with Crippen LogP contribution in [0.1, 0.15) is 39.5 Å². The van der Waals surface area contributed by atoms with Gasteiger partial charge >= 0.3 is 0 Å². The molecule has 0 amide bonds. The van der Waals surface area contributed by atoms with Crippen molar-refractivity contribution in [2.45, 2.75) is 46.1 Å². The summed E-state index contributed by atoms with van der Waals surface area (Å²) in [7, 11) is 3.42. The van der Waals surface area contributed by atoms with Crippen LogP contribution >= 0.6 is 0 Å². The molecule has 1 aromatic heterocycles. The van der Waals surface area contributed by atoms with Gasteiger partial charge in [-0.2, -0.15) is 0 Å². The second-order valence-electron chi connectivity index (χ2n) is 9.95. The summed E-state index contributed by atoms with van der Waals surface area (Å²) in [6.45, 7) is 5.67. The summed E-state index contributed by atoms with van der Waals surface area (Å²) in [5, 5.41) is 2.62. The van der Waals surface area contributed by atoms with Crippen molar-refractivity contribution in [2.24, 2.45) is 5.92 Å². The lowest BCUT2D eigenvalue weighted by Gasteiger charge is -2.17. The van der Waals surface area contributed by atoms with Crippen molar-refractivity contribution in [3.05, 3.63) is 84.9 Å². The Morgan fingerprint density at radius 2 is 1.08 bits per heavy atom. The molecule has 190 valence electrons. The number of benzene rings is 4. The van der Waals surface area contributed by atoms with Crippen LogP contribution in [-0.2, 0) is 6.54 Å². The van der Waals surface area contributed by atoms with E-state index in [1.54, 1.807) is 14.2 Å². The molecule has 0 N–H and O–H groups in total. The molecule has 0 aliphatic rings. The summed E-state index contributed by atoms with van der Waals surface area (Å²) < 4.78 is 13.3. The van der Waals surface area contributed by atoms with Crippen molar-refractivity contribution in [2.75, 3.05) is 14.2 Å². The number of fused-ring (bicyclic) bond motifs is 3. The third-order valence-corrected chi connectivity index (χ3v) is 7.70. The summed E-state index contributed by atoms with van der Waals surface area (Å²) in [6.07, 6.45) is 5.02. The van der Waals surface area contributed by atoms with Gasteiger partial charge in [0.05, 0.1) is 14.2 Å². The number of methoxy groups -OCH3 is 2. The average Bonchev–Trinajstić information content (AvgIpc) is 3.27. The van der Waals surface area contributed by atoms with Crippen molar-refractivity contribution in [1.29, 1.82) is 0 Å². The van der Waals surface area contributed by atoms with Gasteiger partial charge in [-0.15, -0.1) is 0 Å². The quantitative estimate of drug-likeness (QED) is 0.194. The van der Waals surface area contributed by atoms with Gasteiger partial charge in [0.1, 0.15) is 11.5 Å². The van der Waals surface area contributed by atoms with Crippen LogP contribution in [0.3, 0.4) is 0 Å². The zero-order chi connectivity index (χ0) is 25.8. The van der Waals surface area contributed by atoms with E-state index in [4.69, 9.17) is 9.47 Å². The average molecular weight is 492 g/mol. The van der Waals surface area contributed by atoms with E-state index in [0.29, 0.717) is 5.92 Å². The molecule has 0 aliphatic carbocycles. The van der Waals surface area contributed by atoms with E-state index < -0.39 is 0 Å². The van der Waals surface area contributed by atoms with Crippen molar-refractivity contribution in [3.63, 3.8) is 0 Å². The fourth-order valence-corrected chi connectivity index (χ4v) is 5.40. The molecular formula is C34H37NO2.